The van der Waals surface area contributed by atoms with Gasteiger partial charge in [-0.05, 0) is 24.1 Å². The predicted molar refractivity (Wildman–Crippen MR) is 67.5 cm³/mol. The minimum Gasteiger partial charge on any atom is -0.481 e. The van der Waals surface area contributed by atoms with Crippen molar-refractivity contribution in [3.63, 3.8) is 0 Å². The van der Waals surface area contributed by atoms with Crippen LogP contribution >= 0.6 is 11.6 Å². The Kier molecular flexibility index (Phi) is 4.06. The highest BCUT2D eigenvalue weighted by Gasteiger charge is 2.23. The third-order valence-corrected chi connectivity index (χ3v) is 2.77. The van der Waals surface area contributed by atoms with Gasteiger partial charge in [-0.2, -0.15) is 0 Å². The molecule has 0 saturated carbocycles. The number of benzene rings is 1. The lowest BCUT2D eigenvalue weighted by atomic mass is 9.98. The molecule has 0 aliphatic heterocycles. The predicted octanol–water partition coefficient (Wildman–Crippen LogP) is 2.68. The number of aliphatic carboxylic acids is 1. The van der Waals surface area contributed by atoms with Gasteiger partial charge in [0.25, 0.3) is 0 Å². The SMILES string of the molecule is O=C(O)C(Cc1cccc(F)c1)c1ncc(Cl)cn1. The highest BCUT2D eigenvalue weighted by Crippen LogP contribution is 2.19. The number of aromatic nitrogens is 2. The van der Waals surface area contributed by atoms with Crippen LogP contribution in [0.4, 0.5) is 4.39 Å². The third kappa shape index (κ3) is 3.48. The molecule has 1 N–H and O–H groups in total. The van der Waals surface area contributed by atoms with E-state index in [1.807, 2.05) is 0 Å². The first-order valence-corrected chi connectivity index (χ1v) is 5.89. The van der Waals surface area contributed by atoms with E-state index >= 15 is 0 Å². The van der Waals surface area contributed by atoms with Crippen molar-refractivity contribution in [3.05, 3.63) is 58.9 Å². The Hall–Kier alpha value is -2.01. The van der Waals surface area contributed by atoms with Gasteiger partial charge >= 0.3 is 5.97 Å². The van der Waals surface area contributed by atoms with E-state index in [9.17, 15) is 14.3 Å². The summed E-state index contributed by atoms with van der Waals surface area (Å²) in [7, 11) is 0. The monoisotopic (exact) mass is 280 g/mol. The zero-order valence-corrected chi connectivity index (χ0v) is 10.5. The summed E-state index contributed by atoms with van der Waals surface area (Å²) < 4.78 is 13.1. The van der Waals surface area contributed by atoms with E-state index in [0.717, 1.165) is 0 Å². The molecule has 2 aromatic rings. The molecule has 2 rings (SSSR count). The zero-order chi connectivity index (χ0) is 13.8. The summed E-state index contributed by atoms with van der Waals surface area (Å²) in [5.41, 5.74) is 0.575. The summed E-state index contributed by atoms with van der Waals surface area (Å²) in [5.74, 6) is -2.24. The fraction of sp³-hybridized carbons (Fsp3) is 0.154. The molecule has 0 radical (unpaired) electrons. The lowest BCUT2D eigenvalue weighted by Crippen LogP contribution is -2.17. The molecule has 1 atom stereocenters. The molecule has 6 heteroatoms. The Morgan fingerprint density at radius 2 is 2.05 bits per heavy atom. The number of rotatable bonds is 4. The van der Waals surface area contributed by atoms with Gasteiger partial charge in [0, 0.05) is 12.4 Å². The number of nitrogens with zero attached hydrogens (tertiary/aromatic N) is 2. The van der Waals surface area contributed by atoms with Crippen LogP contribution in [0.25, 0.3) is 0 Å². The van der Waals surface area contributed by atoms with Crippen molar-refractivity contribution in [2.75, 3.05) is 0 Å². The second-order valence-corrected chi connectivity index (χ2v) is 4.42. The van der Waals surface area contributed by atoms with Gasteiger partial charge in [-0.15, -0.1) is 0 Å². The molecule has 0 fully saturated rings. The van der Waals surface area contributed by atoms with E-state index in [-0.39, 0.29) is 12.2 Å². The zero-order valence-electron chi connectivity index (χ0n) is 9.75. The molecule has 0 bridgehead atoms. The minimum absolute atomic E-state index is 0.120. The topological polar surface area (TPSA) is 63.1 Å². The molecule has 0 amide bonds. The summed E-state index contributed by atoms with van der Waals surface area (Å²) in [5, 5.41) is 9.55. The molecule has 0 aliphatic rings. The van der Waals surface area contributed by atoms with Crippen LogP contribution < -0.4 is 0 Å². The number of hydrogen-bond acceptors (Lipinski definition) is 3. The second kappa shape index (κ2) is 5.75. The summed E-state index contributed by atoms with van der Waals surface area (Å²) in [4.78, 5) is 19.1. The molecule has 4 nitrogen and oxygen atoms in total. The number of carbonyl (C=O) groups is 1. The van der Waals surface area contributed by atoms with Crippen LogP contribution in [0.3, 0.4) is 0 Å². The molecule has 0 spiro atoms. The van der Waals surface area contributed by atoms with Gasteiger partial charge in [-0.25, -0.2) is 14.4 Å². The fourth-order valence-corrected chi connectivity index (χ4v) is 1.79. The van der Waals surface area contributed by atoms with Crippen LogP contribution in [0.1, 0.15) is 17.3 Å². The molecular formula is C13H10ClFN2O2. The number of carboxylic acid groups (broad SMARTS) is 1. The molecule has 19 heavy (non-hydrogen) atoms. The van der Waals surface area contributed by atoms with Crippen LogP contribution in [0, 0.1) is 5.82 Å². The van der Waals surface area contributed by atoms with Gasteiger partial charge in [0.1, 0.15) is 17.6 Å². The van der Waals surface area contributed by atoms with E-state index in [0.29, 0.717) is 10.6 Å². The van der Waals surface area contributed by atoms with E-state index in [4.69, 9.17) is 11.6 Å². The van der Waals surface area contributed by atoms with Crippen LogP contribution in [0.5, 0.6) is 0 Å². The van der Waals surface area contributed by atoms with Crippen molar-refractivity contribution in [1.82, 2.24) is 9.97 Å². The van der Waals surface area contributed by atoms with E-state index < -0.39 is 17.7 Å². The molecule has 0 saturated heterocycles. The van der Waals surface area contributed by atoms with Crippen molar-refractivity contribution in [1.29, 1.82) is 0 Å². The van der Waals surface area contributed by atoms with Crippen molar-refractivity contribution >= 4 is 17.6 Å². The van der Waals surface area contributed by atoms with Gasteiger partial charge < -0.3 is 5.11 Å². The maximum Gasteiger partial charge on any atom is 0.314 e. The van der Waals surface area contributed by atoms with Crippen molar-refractivity contribution < 1.29 is 14.3 Å². The van der Waals surface area contributed by atoms with Gasteiger partial charge in [-0.3, -0.25) is 4.79 Å². The highest BCUT2D eigenvalue weighted by atomic mass is 35.5. The van der Waals surface area contributed by atoms with Gasteiger partial charge in [0.2, 0.25) is 0 Å². The Morgan fingerprint density at radius 1 is 1.37 bits per heavy atom. The Labute approximate surface area is 113 Å². The maximum absolute atomic E-state index is 13.1. The molecular weight excluding hydrogens is 271 g/mol. The lowest BCUT2D eigenvalue weighted by Gasteiger charge is -2.11. The van der Waals surface area contributed by atoms with E-state index in [1.165, 1.54) is 30.6 Å². The maximum atomic E-state index is 13.1. The Balaban J connectivity index is 2.26. The Morgan fingerprint density at radius 3 is 2.63 bits per heavy atom. The summed E-state index contributed by atoms with van der Waals surface area (Å²) in [6.07, 6.45) is 2.80. The molecule has 1 aromatic carbocycles. The molecule has 1 heterocycles. The number of halogens is 2. The number of carboxylic acids is 1. The van der Waals surface area contributed by atoms with Crippen LogP contribution in [-0.4, -0.2) is 21.0 Å². The first-order valence-electron chi connectivity index (χ1n) is 5.51. The standard InChI is InChI=1S/C13H10ClFN2O2/c14-9-6-16-12(17-7-9)11(13(18)19)5-8-2-1-3-10(15)4-8/h1-4,6-7,11H,5H2,(H,18,19). The van der Waals surface area contributed by atoms with Crippen LogP contribution in [-0.2, 0) is 11.2 Å². The first-order chi connectivity index (χ1) is 9.06. The van der Waals surface area contributed by atoms with Gasteiger partial charge in [-0.1, -0.05) is 23.7 Å². The lowest BCUT2D eigenvalue weighted by molar-refractivity contribution is -0.139. The average Bonchev–Trinajstić information content (AvgIpc) is 2.37. The average molecular weight is 281 g/mol. The largest absolute Gasteiger partial charge is 0.481 e. The van der Waals surface area contributed by atoms with Crippen LogP contribution in [0.2, 0.25) is 5.02 Å². The van der Waals surface area contributed by atoms with Gasteiger partial charge in [0.05, 0.1) is 5.02 Å². The highest BCUT2D eigenvalue weighted by molar-refractivity contribution is 6.30. The fourth-order valence-electron chi connectivity index (χ4n) is 1.69. The quantitative estimate of drug-likeness (QED) is 0.935. The summed E-state index contributed by atoms with van der Waals surface area (Å²) in [6.45, 7) is 0. The van der Waals surface area contributed by atoms with Crippen molar-refractivity contribution in [2.45, 2.75) is 12.3 Å². The van der Waals surface area contributed by atoms with E-state index in [2.05, 4.69) is 9.97 Å². The summed E-state index contributed by atoms with van der Waals surface area (Å²) >= 11 is 5.65. The second-order valence-electron chi connectivity index (χ2n) is 3.98. The minimum atomic E-state index is -1.06. The molecule has 0 aliphatic carbocycles. The van der Waals surface area contributed by atoms with Crippen molar-refractivity contribution in [3.8, 4) is 0 Å². The normalized spacial score (nSPS) is 12.1. The van der Waals surface area contributed by atoms with Crippen LogP contribution in [0.15, 0.2) is 36.7 Å². The molecule has 98 valence electrons. The van der Waals surface area contributed by atoms with Crippen molar-refractivity contribution in [2.24, 2.45) is 0 Å². The van der Waals surface area contributed by atoms with E-state index in [1.54, 1.807) is 6.07 Å². The van der Waals surface area contributed by atoms with Gasteiger partial charge in [0.15, 0.2) is 0 Å². The third-order valence-electron chi connectivity index (χ3n) is 2.58. The number of hydrogen-bond donors (Lipinski definition) is 1. The Bertz CT molecular complexity index is 589. The summed E-state index contributed by atoms with van der Waals surface area (Å²) in [6, 6.07) is 5.80. The molecule has 1 unspecified atom stereocenters. The molecule has 1 aromatic heterocycles. The smallest absolute Gasteiger partial charge is 0.314 e. The first kappa shape index (κ1) is 13.4.